The smallest absolute Gasteiger partial charge is 0.306 e. The normalized spacial score (nSPS) is 23.3. The summed E-state index contributed by atoms with van der Waals surface area (Å²) in [5.74, 6) is -0.379. The predicted octanol–water partition coefficient (Wildman–Crippen LogP) is 4.92. The van der Waals surface area contributed by atoms with E-state index < -0.39 is 11.6 Å². The van der Waals surface area contributed by atoms with E-state index in [0.29, 0.717) is 30.3 Å². The van der Waals surface area contributed by atoms with Crippen molar-refractivity contribution >= 4 is 17.6 Å². The van der Waals surface area contributed by atoms with Crippen molar-refractivity contribution in [2.75, 3.05) is 11.9 Å². The maximum Gasteiger partial charge on any atom is 0.306 e. The number of aliphatic carboxylic acids is 1. The molecule has 2 bridgehead atoms. The van der Waals surface area contributed by atoms with Crippen molar-refractivity contribution in [2.24, 2.45) is 0 Å². The molecule has 8 nitrogen and oxygen atoms in total. The molecule has 1 saturated carbocycles. The third kappa shape index (κ3) is 4.46. The molecule has 35 heavy (non-hydrogen) atoms. The highest BCUT2D eigenvalue weighted by Gasteiger charge is 2.51. The fraction of sp³-hybridized carbons (Fsp3) is 0.407. The van der Waals surface area contributed by atoms with Crippen molar-refractivity contribution in [1.82, 2.24) is 9.97 Å². The number of benzene rings is 1. The van der Waals surface area contributed by atoms with Crippen molar-refractivity contribution in [2.45, 2.75) is 63.4 Å². The highest BCUT2D eigenvalue weighted by Crippen LogP contribution is 2.51. The molecule has 4 heterocycles. The molecule has 2 N–H and O–H groups in total. The lowest BCUT2D eigenvalue weighted by Gasteiger charge is -2.53. The summed E-state index contributed by atoms with van der Waals surface area (Å²) in [6, 6.07) is 12.1. The lowest BCUT2D eigenvalue weighted by atomic mass is 9.62. The van der Waals surface area contributed by atoms with E-state index in [1.54, 1.807) is 13.1 Å². The molecule has 0 atom stereocenters. The van der Waals surface area contributed by atoms with E-state index in [1.807, 2.05) is 19.1 Å². The highest BCUT2D eigenvalue weighted by molar-refractivity contribution is 6.02. The van der Waals surface area contributed by atoms with Gasteiger partial charge in [0.2, 0.25) is 5.76 Å². The molecule has 1 aromatic carbocycles. The third-order valence-corrected chi connectivity index (χ3v) is 7.41. The summed E-state index contributed by atoms with van der Waals surface area (Å²) < 4.78 is 11.6. The molecule has 0 spiro atoms. The van der Waals surface area contributed by atoms with Crippen molar-refractivity contribution in [1.29, 1.82) is 0 Å². The van der Waals surface area contributed by atoms with Crippen molar-refractivity contribution in [3.8, 4) is 11.3 Å². The second kappa shape index (κ2) is 8.92. The first kappa shape index (κ1) is 23.2. The van der Waals surface area contributed by atoms with Crippen LogP contribution in [-0.4, -0.2) is 39.2 Å². The summed E-state index contributed by atoms with van der Waals surface area (Å²) in [5.41, 5.74) is 3.62. The molecule has 2 aromatic heterocycles. The number of fused-ring (bicyclic) bond motifs is 3. The van der Waals surface area contributed by atoms with E-state index in [9.17, 15) is 14.7 Å². The fourth-order valence-corrected chi connectivity index (χ4v) is 5.27. The average molecular weight is 476 g/mol. The number of carbonyl (C=O) groups excluding carboxylic acids is 1. The molecule has 1 amide bonds. The fourth-order valence-electron chi connectivity index (χ4n) is 5.27. The lowest BCUT2D eigenvalue weighted by molar-refractivity contribution is -0.174. The number of hydrogen-bond donors (Lipinski definition) is 2. The zero-order valence-electron chi connectivity index (χ0n) is 20.0. The van der Waals surface area contributed by atoms with Crippen molar-refractivity contribution < 1.29 is 23.8 Å². The minimum atomic E-state index is -0.791. The Kier molecular flexibility index (Phi) is 5.92. The summed E-state index contributed by atoms with van der Waals surface area (Å²) in [6.45, 7) is 4.24. The monoisotopic (exact) mass is 475 g/mol. The van der Waals surface area contributed by atoms with Gasteiger partial charge in [-0.1, -0.05) is 31.2 Å². The molecule has 6 rings (SSSR count). The number of pyridine rings is 1. The molecule has 182 valence electrons. The Balaban J connectivity index is 1.25. The first-order valence-electron chi connectivity index (χ1n) is 12.0. The number of hydrogen-bond acceptors (Lipinski definition) is 6. The van der Waals surface area contributed by atoms with Gasteiger partial charge in [0.05, 0.1) is 41.9 Å². The number of oxazole rings is 1. The average Bonchev–Trinajstić information content (AvgIpc) is 3.26. The first-order chi connectivity index (χ1) is 16.8. The Hall–Kier alpha value is -3.52. The van der Waals surface area contributed by atoms with Crippen LogP contribution < -0.4 is 5.32 Å². The third-order valence-electron chi connectivity index (χ3n) is 7.41. The molecule has 3 fully saturated rings. The van der Waals surface area contributed by atoms with Crippen LogP contribution in [0.1, 0.15) is 66.7 Å². The van der Waals surface area contributed by atoms with E-state index >= 15 is 0 Å². The number of aromatic nitrogens is 2. The zero-order valence-corrected chi connectivity index (χ0v) is 20.0. The molecule has 8 heteroatoms. The minimum Gasteiger partial charge on any atom is -0.481 e. The predicted molar refractivity (Wildman–Crippen MR) is 129 cm³/mol. The van der Waals surface area contributed by atoms with E-state index in [1.165, 1.54) is 5.56 Å². The topological polar surface area (TPSA) is 115 Å². The van der Waals surface area contributed by atoms with Crippen molar-refractivity contribution in [3.63, 3.8) is 0 Å². The highest BCUT2D eigenvalue weighted by atomic mass is 16.5. The minimum absolute atomic E-state index is 0.0448. The molecule has 2 aliphatic heterocycles. The van der Waals surface area contributed by atoms with Gasteiger partial charge < -0.3 is 19.6 Å². The quantitative estimate of drug-likeness (QED) is 0.499. The molecule has 2 saturated heterocycles. The summed E-state index contributed by atoms with van der Waals surface area (Å²) >= 11 is 0. The van der Waals surface area contributed by atoms with E-state index in [4.69, 9.17) is 9.15 Å². The van der Waals surface area contributed by atoms with Gasteiger partial charge in [-0.2, -0.15) is 0 Å². The Morgan fingerprint density at radius 2 is 1.83 bits per heavy atom. The lowest BCUT2D eigenvalue weighted by Crippen LogP contribution is -2.54. The van der Waals surface area contributed by atoms with Crippen LogP contribution >= 0.6 is 0 Å². The molecule has 1 aliphatic carbocycles. The van der Waals surface area contributed by atoms with Crippen LogP contribution in [0.3, 0.4) is 0 Å². The van der Waals surface area contributed by atoms with Crippen LogP contribution in [-0.2, 0) is 21.4 Å². The van der Waals surface area contributed by atoms with E-state index in [0.717, 1.165) is 36.9 Å². The Morgan fingerprint density at radius 3 is 2.37 bits per heavy atom. The number of carboxylic acid groups (broad SMARTS) is 1. The number of rotatable bonds is 7. The summed E-state index contributed by atoms with van der Waals surface area (Å²) in [6.07, 6.45) is 5.79. The maximum absolute atomic E-state index is 12.5. The van der Waals surface area contributed by atoms with E-state index in [2.05, 4.69) is 39.6 Å². The summed E-state index contributed by atoms with van der Waals surface area (Å²) in [4.78, 5) is 32.5. The Labute approximate surface area is 203 Å². The molecule has 3 aliphatic rings. The van der Waals surface area contributed by atoms with Gasteiger partial charge in [0, 0.05) is 17.4 Å². The van der Waals surface area contributed by atoms with Gasteiger partial charge in [0.15, 0.2) is 5.89 Å². The van der Waals surface area contributed by atoms with Gasteiger partial charge in [0.25, 0.3) is 5.91 Å². The number of carbonyl (C=O) groups is 2. The molecule has 3 aromatic rings. The number of ether oxygens (including phenoxy) is 1. The maximum atomic E-state index is 12.5. The Morgan fingerprint density at radius 1 is 1.09 bits per heavy atom. The number of carboxylic acids is 1. The molecular formula is C27H29N3O5. The van der Waals surface area contributed by atoms with E-state index in [-0.39, 0.29) is 23.5 Å². The Bertz CT molecular complexity index is 1220. The van der Waals surface area contributed by atoms with Gasteiger partial charge in [-0.15, -0.1) is 0 Å². The number of aryl methyl sites for hydroxylation is 2. The van der Waals surface area contributed by atoms with Crippen molar-refractivity contribution in [3.05, 3.63) is 65.5 Å². The summed E-state index contributed by atoms with van der Waals surface area (Å²) in [7, 11) is 0. The SMILES string of the molecule is CCc1nc(C)c(C(=O)Nc2ccc(-c3ccc(C45CCC(CC(=O)O)(CC4)OC5)cc3)nc2)o1. The standard InChI is InChI=1S/C27H29N3O5/c1-3-22-29-17(2)24(35-22)25(33)30-20-8-9-21(28-15-20)18-4-6-19(7-5-18)26-10-12-27(13-11-26,34-16-26)14-23(31)32/h4-9,15H,3,10-14,16H2,1-2H3,(H,30,33)(H,31,32). The number of nitrogens with one attached hydrogen (secondary N) is 1. The van der Waals surface area contributed by atoms with Gasteiger partial charge >= 0.3 is 5.97 Å². The van der Waals surface area contributed by atoms with Crippen LogP contribution in [0.4, 0.5) is 5.69 Å². The summed E-state index contributed by atoms with van der Waals surface area (Å²) in [5, 5.41) is 12.0. The number of amides is 1. The van der Waals surface area contributed by atoms with Crippen LogP contribution in [0, 0.1) is 6.92 Å². The van der Waals surface area contributed by atoms with Crippen LogP contribution in [0.25, 0.3) is 11.3 Å². The van der Waals surface area contributed by atoms with Gasteiger partial charge in [-0.3, -0.25) is 14.6 Å². The van der Waals surface area contributed by atoms with Crippen LogP contribution in [0.2, 0.25) is 0 Å². The molecule has 0 radical (unpaired) electrons. The zero-order chi connectivity index (χ0) is 24.6. The molecular weight excluding hydrogens is 446 g/mol. The number of anilines is 1. The first-order valence-corrected chi connectivity index (χ1v) is 12.0. The van der Waals surface area contributed by atoms with Crippen LogP contribution in [0.15, 0.2) is 47.0 Å². The second-order valence-corrected chi connectivity index (χ2v) is 9.66. The van der Waals surface area contributed by atoms with Crippen LogP contribution in [0.5, 0.6) is 0 Å². The van der Waals surface area contributed by atoms with Gasteiger partial charge in [-0.05, 0) is 50.3 Å². The molecule has 0 unspecified atom stereocenters. The second-order valence-electron chi connectivity index (χ2n) is 9.66. The number of nitrogens with zero attached hydrogens (tertiary/aromatic N) is 2. The largest absolute Gasteiger partial charge is 0.481 e. The van der Waals surface area contributed by atoms with Gasteiger partial charge in [-0.25, -0.2) is 4.98 Å². The van der Waals surface area contributed by atoms with Gasteiger partial charge in [0.1, 0.15) is 0 Å².